The van der Waals surface area contributed by atoms with Crippen LogP contribution in [0.3, 0.4) is 0 Å². The molecule has 0 aliphatic carbocycles. The van der Waals surface area contributed by atoms with Crippen molar-refractivity contribution in [1.29, 1.82) is 0 Å². The van der Waals surface area contributed by atoms with E-state index in [9.17, 15) is 0 Å². The van der Waals surface area contributed by atoms with Gasteiger partial charge in [0.2, 0.25) is 0 Å². The van der Waals surface area contributed by atoms with Crippen LogP contribution in [0.15, 0.2) is 18.3 Å². The molecule has 3 nitrogen and oxygen atoms in total. The molecule has 1 aromatic rings. The molecule has 2 heterocycles. The number of nitrogens with one attached hydrogen (secondary N) is 2. The standard InChI is InChI=1S/C13H23N3/c1-16(9-6-13-5-3-8-15-13)11-12-4-2-7-14-10-12/h3,5,8,12,14-15H,2,4,6-7,9-11H2,1H3. The van der Waals surface area contributed by atoms with Gasteiger partial charge < -0.3 is 15.2 Å². The van der Waals surface area contributed by atoms with E-state index in [1.54, 1.807) is 0 Å². The first-order valence-electron chi connectivity index (χ1n) is 6.36. The molecular formula is C13H23N3. The third-order valence-corrected chi connectivity index (χ3v) is 3.39. The molecule has 90 valence electrons. The van der Waals surface area contributed by atoms with Crippen LogP contribution in [-0.2, 0) is 6.42 Å². The zero-order valence-corrected chi connectivity index (χ0v) is 10.2. The Bertz CT molecular complexity index is 275. The second-order valence-corrected chi connectivity index (χ2v) is 4.92. The molecule has 0 bridgehead atoms. The quantitative estimate of drug-likeness (QED) is 0.789. The number of hydrogen-bond acceptors (Lipinski definition) is 2. The van der Waals surface area contributed by atoms with Crippen LogP contribution in [0.25, 0.3) is 0 Å². The topological polar surface area (TPSA) is 31.1 Å². The molecule has 1 aliphatic rings. The molecule has 2 rings (SSSR count). The fourth-order valence-corrected chi connectivity index (χ4v) is 2.45. The summed E-state index contributed by atoms with van der Waals surface area (Å²) in [6, 6.07) is 4.23. The molecule has 1 aliphatic heterocycles. The van der Waals surface area contributed by atoms with Crippen molar-refractivity contribution in [1.82, 2.24) is 15.2 Å². The molecule has 1 aromatic heterocycles. The summed E-state index contributed by atoms with van der Waals surface area (Å²) in [4.78, 5) is 5.71. The first-order chi connectivity index (χ1) is 7.84. The molecule has 1 saturated heterocycles. The van der Waals surface area contributed by atoms with Crippen LogP contribution in [0, 0.1) is 5.92 Å². The number of aromatic amines is 1. The average Bonchev–Trinajstić information content (AvgIpc) is 2.81. The number of aromatic nitrogens is 1. The Morgan fingerprint density at radius 2 is 2.44 bits per heavy atom. The SMILES string of the molecule is CN(CCc1ccc[nH]1)CC1CCCNC1. The Labute approximate surface area is 98.2 Å². The van der Waals surface area contributed by atoms with E-state index in [0.29, 0.717) is 0 Å². The first-order valence-corrected chi connectivity index (χ1v) is 6.36. The number of likely N-dealkylation sites (N-methyl/N-ethyl adjacent to an activating group) is 1. The van der Waals surface area contributed by atoms with Crippen LogP contribution in [0.5, 0.6) is 0 Å². The Morgan fingerprint density at radius 3 is 3.12 bits per heavy atom. The van der Waals surface area contributed by atoms with E-state index in [0.717, 1.165) is 18.9 Å². The summed E-state index contributed by atoms with van der Waals surface area (Å²) in [5.41, 5.74) is 1.34. The number of nitrogens with zero attached hydrogens (tertiary/aromatic N) is 1. The molecule has 0 radical (unpaired) electrons. The van der Waals surface area contributed by atoms with Gasteiger partial charge in [0.05, 0.1) is 0 Å². The highest BCUT2D eigenvalue weighted by Crippen LogP contribution is 2.11. The first kappa shape index (κ1) is 11.7. The van der Waals surface area contributed by atoms with Crippen molar-refractivity contribution in [2.24, 2.45) is 5.92 Å². The lowest BCUT2D eigenvalue weighted by Gasteiger charge is -2.27. The van der Waals surface area contributed by atoms with Crippen molar-refractivity contribution in [3.8, 4) is 0 Å². The normalized spacial score (nSPS) is 21.5. The molecule has 16 heavy (non-hydrogen) atoms. The Hall–Kier alpha value is -0.800. The summed E-state index contributed by atoms with van der Waals surface area (Å²) in [5.74, 6) is 0.849. The van der Waals surface area contributed by atoms with E-state index in [1.165, 1.54) is 38.2 Å². The summed E-state index contributed by atoms with van der Waals surface area (Å²) in [6.07, 6.45) is 5.86. The second-order valence-electron chi connectivity index (χ2n) is 4.92. The van der Waals surface area contributed by atoms with Gasteiger partial charge in [0, 0.05) is 31.4 Å². The van der Waals surface area contributed by atoms with Gasteiger partial charge in [-0.3, -0.25) is 0 Å². The zero-order chi connectivity index (χ0) is 11.2. The third kappa shape index (κ3) is 3.65. The summed E-state index contributed by atoms with van der Waals surface area (Å²) >= 11 is 0. The Kier molecular flexibility index (Phi) is 4.43. The van der Waals surface area contributed by atoms with Gasteiger partial charge >= 0.3 is 0 Å². The van der Waals surface area contributed by atoms with E-state index in [4.69, 9.17) is 0 Å². The smallest absolute Gasteiger partial charge is 0.0159 e. The molecule has 1 atom stereocenters. The third-order valence-electron chi connectivity index (χ3n) is 3.39. The van der Waals surface area contributed by atoms with Gasteiger partial charge in [0.25, 0.3) is 0 Å². The summed E-state index contributed by atoms with van der Waals surface area (Å²) < 4.78 is 0. The lowest BCUT2D eigenvalue weighted by Crippen LogP contribution is -2.37. The van der Waals surface area contributed by atoms with E-state index in [2.05, 4.69) is 34.4 Å². The van der Waals surface area contributed by atoms with Gasteiger partial charge in [-0.15, -0.1) is 0 Å². The fourth-order valence-electron chi connectivity index (χ4n) is 2.45. The molecule has 0 saturated carbocycles. The van der Waals surface area contributed by atoms with Gasteiger partial charge in [0.1, 0.15) is 0 Å². The summed E-state index contributed by atoms with van der Waals surface area (Å²) in [5, 5.41) is 3.48. The zero-order valence-electron chi connectivity index (χ0n) is 10.2. The Balaban J connectivity index is 1.65. The predicted molar refractivity (Wildman–Crippen MR) is 67.6 cm³/mol. The molecule has 0 spiro atoms. The van der Waals surface area contributed by atoms with Crippen LogP contribution in [-0.4, -0.2) is 43.1 Å². The average molecular weight is 221 g/mol. The molecule has 1 fully saturated rings. The fraction of sp³-hybridized carbons (Fsp3) is 0.692. The molecule has 0 aromatic carbocycles. The van der Waals surface area contributed by atoms with Gasteiger partial charge in [-0.05, 0) is 51.0 Å². The number of piperidine rings is 1. The summed E-state index contributed by atoms with van der Waals surface area (Å²) in [7, 11) is 2.23. The maximum Gasteiger partial charge on any atom is 0.0159 e. The maximum atomic E-state index is 3.48. The van der Waals surface area contributed by atoms with Crippen LogP contribution in [0.4, 0.5) is 0 Å². The van der Waals surface area contributed by atoms with E-state index in [1.807, 2.05) is 6.20 Å². The second kappa shape index (κ2) is 6.06. The predicted octanol–water partition coefficient (Wildman–Crippen LogP) is 1.49. The molecule has 3 heteroatoms. The molecule has 0 amide bonds. The number of rotatable bonds is 5. The molecule has 1 unspecified atom stereocenters. The van der Waals surface area contributed by atoms with E-state index >= 15 is 0 Å². The van der Waals surface area contributed by atoms with Crippen molar-refractivity contribution in [2.45, 2.75) is 19.3 Å². The molecule has 2 N–H and O–H groups in total. The van der Waals surface area contributed by atoms with Crippen molar-refractivity contribution in [3.05, 3.63) is 24.0 Å². The van der Waals surface area contributed by atoms with E-state index in [-0.39, 0.29) is 0 Å². The monoisotopic (exact) mass is 221 g/mol. The van der Waals surface area contributed by atoms with Gasteiger partial charge in [-0.25, -0.2) is 0 Å². The van der Waals surface area contributed by atoms with Crippen molar-refractivity contribution >= 4 is 0 Å². The minimum absolute atomic E-state index is 0.849. The highest BCUT2D eigenvalue weighted by atomic mass is 15.1. The highest BCUT2D eigenvalue weighted by Gasteiger charge is 2.14. The Morgan fingerprint density at radius 1 is 1.50 bits per heavy atom. The van der Waals surface area contributed by atoms with E-state index < -0.39 is 0 Å². The number of H-pyrrole nitrogens is 1. The summed E-state index contributed by atoms with van der Waals surface area (Å²) in [6.45, 7) is 4.79. The minimum atomic E-state index is 0.849. The van der Waals surface area contributed by atoms with Crippen LogP contribution >= 0.6 is 0 Å². The van der Waals surface area contributed by atoms with Gasteiger partial charge in [-0.1, -0.05) is 0 Å². The largest absolute Gasteiger partial charge is 0.365 e. The lowest BCUT2D eigenvalue weighted by molar-refractivity contribution is 0.245. The van der Waals surface area contributed by atoms with Crippen LogP contribution in [0.2, 0.25) is 0 Å². The van der Waals surface area contributed by atoms with Gasteiger partial charge in [-0.2, -0.15) is 0 Å². The minimum Gasteiger partial charge on any atom is -0.365 e. The van der Waals surface area contributed by atoms with Gasteiger partial charge in [0.15, 0.2) is 0 Å². The van der Waals surface area contributed by atoms with Crippen molar-refractivity contribution in [3.63, 3.8) is 0 Å². The van der Waals surface area contributed by atoms with Crippen LogP contribution in [0.1, 0.15) is 18.5 Å². The van der Waals surface area contributed by atoms with Crippen molar-refractivity contribution in [2.75, 3.05) is 33.2 Å². The lowest BCUT2D eigenvalue weighted by atomic mass is 9.99. The van der Waals surface area contributed by atoms with Crippen molar-refractivity contribution < 1.29 is 0 Å². The molecular weight excluding hydrogens is 198 g/mol. The van der Waals surface area contributed by atoms with Crippen LogP contribution < -0.4 is 5.32 Å². The maximum absolute atomic E-state index is 3.48. The highest BCUT2D eigenvalue weighted by molar-refractivity contribution is 5.03. The number of hydrogen-bond donors (Lipinski definition) is 2.